The summed E-state index contributed by atoms with van der Waals surface area (Å²) < 4.78 is 11.0. The average molecular weight is 220 g/mol. The van der Waals surface area contributed by atoms with Gasteiger partial charge in [-0.05, 0) is 30.4 Å². The van der Waals surface area contributed by atoms with E-state index in [0.29, 0.717) is 18.1 Å². The van der Waals surface area contributed by atoms with Gasteiger partial charge in [-0.25, -0.2) is 0 Å². The molecule has 1 heterocycles. The van der Waals surface area contributed by atoms with Crippen LogP contribution in [0.3, 0.4) is 0 Å². The number of hydrogen-bond acceptors (Lipinski definition) is 2. The molecule has 0 saturated carbocycles. The molecule has 1 aliphatic rings. The second kappa shape index (κ2) is 4.88. The zero-order valence-corrected chi connectivity index (χ0v) is 10.3. The Morgan fingerprint density at radius 1 is 1.38 bits per heavy atom. The van der Waals surface area contributed by atoms with Gasteiger partial charge in [0.15, 0.2) is 0 Å². The van der Waals surface area contributed by atoms with E-state index in [1.165, 1.54) is 5.56 Å². The minimum Gasteiger partial charge on any atom is -0.496 e. The summed E-state index contributed by atoms with van der Waals surface area (Å²) in [5.74, 6) is 1.56. The molecule has 0 aromatic heterocycles. The van der Waals surface area contributed by atoms with Gasteiger partial charge in [-0.15, -0.1) is 0 Å². The number of epoxide rings is 1. The molecule has 0 N–H and O–H groups in total. The van der Waals surface area contributed by atoms with Crippen LogP contribution in [0.25, 0.3) is 0 Å². The van der Waals surface area contributed by atoms with E-state index in [-0.39, 0.29) is 0 Å². The molecule has 2 heteroatoms. The Morgan fingerprint density at radius 3 is 2.75 bits per heavy atom. The maximum atomic E-state index is 5.63. The zero-order valence-electron chi connectivity index (χ0n) is 10.3. The Balaban J connectivity index is 1.98. The fourth-order valence-electron chi connectivity index (χ4n) is 2.32. The smallest absolute Gasteiger partial charge is 0.122 e. The summed E-state index contributed by atoms with van der Waals surface area (Å²) in [4.78, 5) is 0. The Kier molecular flexibility index (Phi) is 3.49. The third-order valence-electron chi connectivity index (χ3n) is 3.32. The Morgan fingerprint density at radius 2 is 2.12 bits per heavy atom. The Hall–Kier alpha value is -1.02. The first kappa shape index (κ1) is 11.5. The van der Waals surface area contributed by atoms with Crippen LogP contribution in [0, 0.1) is 5.92 Å². The molecular formula is C14H20O2. The van der Waals surface area contributed by atoms with Crippen LogP contribution >= 0.6 is 0 Å². The molecule has 2 rings (SSSR count). The molecule has 1 fully saturated rings. The third kappa shape index (κ3) is 2.38. The molecule has 1 saturated heterocycles. The zero-order chi connectivity index (χ0) is 11.5. The first-order chi connectivity index (χ1) is 7.76. The van der Waals surface area contributed by atoms with E-state index in [9.17, 15) is 0 Å². The van der Waals surface area contributed by atoms with E-state index < -0.39 is 0 Å². The normalized spacial score (nSPS) is 25.2. The maximum absolute atomic E-state index is 5.63. The van der Waals surface area contributed by atoms with E-state index in [2.05, 4.69) is 26.0 Å². The third-order valence-corrected chi connectivity index (χ3v) is 3.32. The number of ether oxygens (including phenoxy) is 2. The molecule has 3 atom stereocenters. The lowest BCUT2D eigenvalue weighted by Gasteiger charge is -2.12. The second-order valence-electron chi connectivity index (χ2n) is 4.54. The first-order valence-corrected chi connectivity index (χ1v) is 6.03. The lowest BCUT2D eigenvalue weighted by molar-refractivity contribution is 0.320. The standard InChI is InChI=1S/C14H20O2/c1-4-12-14(16-12)10(2)9-11-7-5-6-8-13(11)15-3/h5-8,10,12,14H,4,9H2,1-3H3. The molecule has 88 valence electrons. The van der Waals surface area contributed by atoms with Gasteiger partial charge in [0.25, 0.3) is 0 Å². The second-order valence-corrected chi connectivity index (χ2v) is 4.54. The van der Waals surface area contributed by atoms with Crippen molar-refractivity contribution in [3.63, 3.8) is 0 Å². The molecule has 1 aromatic carbocycles. The predicted octanol–water partition coefficient (Wildman–Crippen LogP) is 3.05. The lowest BCUT2D eigenvalue weighted by Crippen LogP contribution is -2.10. The van der Waals surface area contributed by atoms with Crippen LogP contribution in [0.4, 0.5) is 0 Å². The fraction of sp³-hybridized carbons (Fsp3) is 0.571. The highest BCUT2D eigenvalue weighted by molar-refractivity contribution is 5.33. The minimum absolute atomic E-state index is 0.454. The largest absolute Gasteiger partial charge is 0.496 e. The minimum atomic E-state index is 0.454. The molecule has 16 heavy (non-hydrogen) atoms. The molecule has 0 radical (unpaired) electrons. The van der Waals surface area contributed by atoms with Gasteiger partial charge in [-0.1, -0.05) is 32.0 Å². The SMILES string of the molecule is CCC1OC1C(C)Cc1ccccc1OC. The highest BCUT2D eigenvalue weighted by Crippen LogP contribution is 2.34. The molecule has 0 aliphatic carbocycles. The van der Waals surface area contributed by atoms with Gasteiger partial charge < -0.3 is 9.47 Å². The Labute approximate surface area is 97.6 Å². The summed E-state index contributed by atoms with van der Waals surface area (Å²) in [6, 6.07) is 8.23. The van der Waals surface area contributed by atoms with E-state index in [1.807, 2.05) is 12.1 Å². The number of rotatable bonds is 5. The molecule has 2 nitrogen and oxygen atoms in total. The van der Waals surface area contributed by atoms with Gasteiger partial charge in [-0.3, -0.25) is 0 Å². The van der Waals surface area contributed by atoms with Gasteiger partial charge >= 0.3 is 0 Å². The molecule has 0 bridgehead atoms. The quantitative estimate of drug-likeness (QED) is 0.711. The molecule has 1 aromatic rings. The molecule has 1 aliphatic heterocycles. The van der Waals surface area contributed by atoms with Crippen LogP contribution in [0.5, 0.6) is 5.75 Å². The van der Waals surface area contributed by atoms with Crippen LogP contribution in [0.1, 0.15) is 25.8 Å². The van der Waals surface area contributed by atoms with E-state index in [0.717, 1.165) is 18.6 Å². The van der Waals surface area contributed by atoms with Crippen LogP contribution in [0.2, 0.25) is 0 Å². The van der Waals surface area contributed by atoms with Crippen molar-refractivity contribution in [2.75, 3.05) is 7.11 Å². The summed E-state index contributed by atoms with van der Waals surface area (Å²) in [7, 11) is 1.73. The topological polar surface area (TPSA) is 21.8 Å². The summed E-state index contributed by atoms with van der Waals surface area (Å²) in [6.45, 7) is 4.44. The van der Waals surface area contributed by atoms with Gasteiger partial charge in [0, 0.05) is 0 Å². The number of benzene rings is 1. The van der Waals surface area contributed by atoms with Crippen LogP contribution in [0.15, 0.2) is 24.3 Å². The van der Waals surface area contributed by atoms with Crippen molar-refractivity contribution >= 4 is 0 Å². The molecular weight excluding hydrogens is 200 g/mol. The van der Waals surface area contributed by atoms with E-state index >= 15 is 0 Å². The molecule has 0 amide bonds. The summed E-state index contributed by atoms with van der Waals surface area (Å²) in [6.07, 6.45) is 3.10. The highest BCUT2D eigenvalue weighted by atomic mass is 16.6. The monoisotopic (exact) mass is 220 g/mol. The maximum Gasteiger partial charge on any atom is 0.122 e. The van der Waals surface area contributed by atoms with Crippen LogP contribution in [-0.4, -0.2) is 19.3 Å². The summed E-state index contributed by atoms with van der Waals surface area (Å²) in [5.41, 5.74) is 1.28. The van der Waals surface area contributed by atoms with Crippen molar-refractivity contribution in [3.8, 4) is 5.75 Å². The van der Waals surface area contributed by atoms with E-state index in [1.54, 1.807) is 7.11 Å². The van der Waals surface area contributed by atoms with Gasteiger partial charge in [-0.2, -0.15) is 0 Å². The van der Waals surface area contributed by atoms with Gasteiger partial charge in [0.2, 0.25) is 0 Å². The van der Waals surface area contributed by atoms with Crippen molar-refractivity contribution in [2.24, 2.45) is 5.92 Å². The van der Waals surface area contributed by atoms with Crippen molar-refractivity contribution in [2.45, 2.75) is 38.9 Å². The lowest BCUT2D eigenvalue weighted by atomic mass is 9.95. The van der Waals surface area contributed by atoms with Crippen LogP contribution < -0.4 is 4.74 Å². The molecule has 0 spiro atoms. The predicted molar refractivity (Wildman–Crippen MR) is 64.8 cm³/mol. The number of para-hydroxylation sites is 1. The Bertz CT molecular complexity index is 348. The molecule has 3 unspecified atom stereocenters. The van der Waals surface area contributed by atoms with Crippen molar-refractivity contribution in [1.29, 1.82) is 0 Å². The van der Waals surface area contributed by atoms with Crippen molar-refractivity contribution in [3.05, 3.63) is 29.8 Å². The first-order valence-electron chi connectivity index (χ1n) is 6.03. The highest BCUT2D eigenvalue weighted by Gasteiger charge is 2.41. The van der Waals surface area contributed by atoms with Gasteiger partial charge in [0.05, 0.1) is 19.3 Å². The van der Waals surface area contributed by atoms with E-state index in [4.69, 9.17) is 9.47 Å². The van der Waals surface area contributed by atoms with Crippen molar-refractivity contribution in [1.82, 2.24) is 0 Å². The van der Waals surface area contributed by atoms with Crippen LogP contribution in [-0.2, 0) is 11.2 Å². The fourth-order valence-corrected chi connectivity index (χ4v) is 2.32. The number of hydrogen-bond donors (Lipinski definition) is 0. The average Bonchev–Trinajstić information content (AvgIpc) is 3.09. The summed E-state index contributed by atoms with van der Waals surface area (Å²) >= 11 is 0. The van der Waals surface area contributed by atoms with Gasteiger partial charge in [0.1, 0.15) is 5.75 Å². The van der Waals surface area contributed by atoms with Crippen molar-refractivity contribution < 1.29 is 9.47 Å². The number of methoxy groups -OCH3 is 1. The summed E-state index contributed by atoms with van der Waals surface area (Å²) in [5, 5.41) is 0.